The second-order valence-corrected chi connectivity index (χ2v) is 20.2. The molecule has 0 saturated carbocycles. The molecule has 9 rings (SSSR count). The van der Waals surface area contributed by atoms with E-state index in [4.69, 9.17) is 28.7 Å². The third-order valence-corrected chi connectivity index (χ3v) is 13.9. The van der Waals surface area contributed by atoms with E-state index in [9.17, 15) is 18.0 Å². The summed E-state index contributed by atoms with van der Waals surface area (Å²) in [4.78, 5) is 41.8. The predicted molar refractivity (Wildman–Crippen MR) is 296 cm³/mol. The van der Waals surface area contributed by atoms with Gasteiger partial charge in [0.1, 0.15) is 17.5 Å². The highest BCUT2D eigenvalue weighted by atomic mass is 32.2. The van der Waals surface area contributed by atoms with E-state index in [2.05, 4.69) is 54.5 Å². The van der Waals surface area contributed by atoms with Crippen molar-refractivity contribution >= 4 is 61.7 Å². The van der Waals surface area contributed by atoms with Gasteiger partial charge in [0.05, 0.1) is 53.4 Å². The van der Waals surface area contributed by atoms with Crippen molar-refractivity contribution in [3.8, 4) is 45.3 Å². The Morgan fingerprint density at radius 3 is 1.96 bits per heavy atom. The number of H-pyrrole nitrogens is 1. The van der Waals surface area contributed by atoms with E-state index >= 15 is 0 Å². The number of sulfonamides is 1. The number of amides is 2. The van der Waals surface area contributed by atoms with Crippen LogP contribution in [0.2, 0.25) is 0 Å². The molecule has 76 heavy (non-hydrogen) atoms. The summed E-state index contributed by atoms with van der Waals surface area (Å²) in [6.45, 7) is 6.18. The van der Waals surface area contributed by atoms with E-state index in [0.717, 1.165) is 67.1 Å². The molecule has 2 amide bonds. The number of hydrogen-bond donors (Lipinski definition) is 4. The number of morpholine rings is 1. The molecule has 0 aliphatic carbocycles. The number of carbonyl (C=O) groups excluding carboxylic acids is 2. The van der Waals surface area contributed by atoms with E-state index < -0.39 is 16.3 Å². The smallest absolute Gasteiger partial charge is 0.244 e. The first-order chi connectivity index (χ1) is 36.7. The summed E-state index contributed by atoms with van der Waals surface area (Å²) in [6, 6.07) is 30.0. The van der Waals surface area contributed by atoms with Gasteiger partial charge in [-0.15, -0.1) is 0 Å². The van der Waals surface area contributed by atoms with Crippen LogP contribution in [0.3, 0.4) is 0 Å². The van der Waals surface area contributed by atoms with Gasteiger partial charge >= 0.3 is 0 Å². The molecule has 1 aliphatic rings. The first-order valence-electron chi connectivity index (χ1n) is 24.6. The van der Waals surface area contributed by atoms with Gasteiger partial charge in [0.15, 0.2) is 23.0 Å². The number of rotatable bonds is 19. The molecule has 18 heteroatoms. The Morgan fingerprint density at radius 2 is 1.34 bits per heavy atom. The number of ether oxygens (including phenoxy) is 5. The number of pyridine rings is 2. The molecule has 3 atom stereocenters. The van der Waals surface area contributed by atoms with Crippen molar-refractivity contribution in [2.24, 2.45) is 0 Å². The fourth-order valence-electron chi connectivity index (χ4n) is 9.52. The van der Waals surface area contributed by atoms with Gasteiger partial charge in [0.25, 0.3) is 0 Å². The normalized spacial score (nSPS) is 15.0. The van der Waals surface area contributed by atoms with Crippen molar-refractivity contribution in [3.63, 3.8) is 0 Å². The van der Waals surface area contributed by atoms with Crippen LogP contribution in [0.15, 0.2) is 134 Å². The second kappa shape index (κ2) is 23.0. The van der Waals surface area contributed by atoms with Gasteiger partial charge in [0, 0.05) is 84.2 Å². The van der Waals surface area contributed by atoms with Crippen LogP contribution >= 0.6 is 0 Å². The lowest BCUT2D eigenvalue weighted by Gasteiger charge is -2.33. The number of hydrogen-bond acceptors (Lipinski definition) is 12. The molecule has 5 heterocycles. The summed E-state index contributed by atoms with van der Waals surface area (Å²) < 4.78 is 57.2. The molecular weight excluding hydrogens is 985 g/mol. The molecule has 0 radical (unpaired) electrons. The van der Waals surface area contributed by atoms with Crippen molar-refractivity contribution in [3.05, 3.63) is 162 Å². The molecule has 1 aliphatic heterocycles. The Balaban J connectivity index is 0.933. The third kappa shape index (κ3) is 11.9. The van der Waals surface area contributed by atoms with Crippen LogP contribution in [0.5, 0.6) is 23.0 Å². The highest BCUT2D eigenvalue weighted by molar-refractivity contribution is 7.92. The average molecular weight is 1050 g/mol. The standard InChI is InChI=1S/C58H60N8O9S/c1-36(40-15-19-48(71-3)50(30-40)73-5)62-52(67)21-17-43-32-61-57-55(43)46(23-25-59-57)39-13-11-38(12-14-39)33-65-27-28-75-54(35-65)66-34-44(18-22-53(68)63-37(2)41-16-20-49(72-4)51(31-41)74-6)56-47(24-26-60-58(56)66)42-9-8-10-45(29-42)64-76(7,69)70/h8-26,29-32,34,36-37,54,64H,27-28,33,35H2,1-7H3,(H,59,61)(H,62,67)(H,63,68)/b21-17+,22-18+/t36-,37-,54?/m1/s1. The first-order valence-corrected chi connectivity index (χ1v) is 26.5. The van der Waals surface area contributed by atoms with Crippen molar-refractivity contribution in [2.75, 3.05) is 59.1 Å². The van der Waals surface area contributed by atoms with Crippen molar-refractivity contribution < 1.29 is 41.7 Å². The zero-order valence-corrected chi connectivity index (χ0v) is 44.1. The lowest BCUT2D eigenvalue weighted by molar-refractivity contribution is -0.117. The molecule has 8 aromatic rings. The number of nitrogens with zero attached hydrogens (tertiary/aromatic N) is 4. The van der Waals surface area contributed by atoms with Crippen LogP contribution in [0.4, 0.5) is 5.69 Å². The van der Waals surface area contributed by atoms with E-state index in [-0.39, 0.29) is 23.9 Å². The Kier molecular flexibility index (Phi) is 15.8. The minimum absolute atomic E-state index is 0.245. The summed E-state index contributed by atoms with van der Waals surface area (Å²) in [5, 5.41) is 7.76. The van der Waals surface area contributed by atoms with Crippen LogP contribution in [-0.2, 0) is 30.9 Å². The number of nitrogens with one attached hydrogen (secondary N) is 4. The molecule has 1 saturated heterocycles. The molecule has 0 spiro atoms. The van der Waals surface area contributed by atoms with Crippen molar-refractivity contribution in [1.82, 2.24) is 35.1 Å². The summed E-state index contributed by atoms with van der Waals surface area (Å²) in [5.41, 5.74) is 9.67. The highest BCUT2D eigenvalue weighted by Crippen LogP contribution is 2.37. The van der Waals surface area contributed by atoms with Gasteiger partial charge < -0.3 is 43.9 Å². The lowest BCUT2D eigenvalue weighted by atomic mass is 9.99. The van der Waals surface area contributed by atoms with Crippen molar-refractivity contribution in [2.45, 2.75) is 38.7 Å². The van der Waals surface area contributed by atoms with Gasteiger partial charge in [0.2, 0.25) is 21.8 Å². The Morgan fingerprint density at radius 1 is 0.737 bits per heavy atom. The van der Waals surface area contributed by atoms with E-state index in [1.54, 1.807) is 77.3 Å². The first kappa shape index (κ1) is 52.4. The molecule has 4 N–H and O–H groups in total. The number of aromatic nitrogens is 4. The average Bonchev–Trinajstić information content (AvgIpc) is 4.05. The summed E-state index contributed by atoms with van der Waals surface area (Å²) in [5.74, 6) is 1.80. The third-order valence-electron chi connectivity index (χ3n) is 13.3. The van der Waals surface area contributed by atoms with Crippen molar-refractivity contribution in [1.29, 1.82) is 0 Å². The number of aromatic amines is 1. The van der Waals surface area contributed by atoms with Gasteiger partial charge in [-0.1, -0.05) is 48.5 Å². The van der Waals surface area contributed by atoms with Crippen LogP contribution in [0.1, 0.15) is 60.0 Å². The largest absolute Gasteiger partial charge is 0.493 e. The fraction of sp³-hybridized carbons (Fsp3) is 0.241. The van der Waals surface area contributed by atoms with E-state index in [0.29, 0.717) is 66.2 Å². The van der Waals surface area contributed by atoms with E-state index in [1.165, 1.54) is 12.2 Å². The quantitative estimate of drug-likeness (QED) is 0.0560. The minimum Gasteiger partial charge on any atom is -0.493 e. The van der Waals surface area contributed by atoms with Gasteiger partial charge in [-0.05, 0) is 113 Å². The summed E-state index contributed by atoms with van der Waals surface area (Å²) in [6.07, 6.45) is 14.6. The number of anilines is 1. The maximum absolute atomic E-state index is 13.6. The Hall–Kier alpha value is -8.45. The molecule has 17 nitrogen and oxygen atoms in total. The molecule has 4 aromatic carbocycles. The molecule has 0 bridgehead atoms. The summed E-state index contributed by atoms with van der Waals surface area (Å²) in [7, 11) is 2.77. The molecule has 1 unspecified atom stereocenters. The lowest BCUT2D eigenvalue weighted by Crippen LogP contribution is -2.39. The van der Waals surface area contributed by atoms with Gasteiger partial charge in [-0.25, -0.2) is 18.4 Å². The highest BCUT2D eigenvalue weighted by Gasteiger charge is 2.26. The molecule has 4 aromatic heterocycles. The molecule has 392 valence electrons. The fourth-order valence-corrected chi connectivity index (χ4v) is 10.1. The van der Waals surface area contributed by atoms with Crippen LogP contribution in [-0.4, -0.2) is 99.0 Å². The predicted octanol–water partition coefficient (Wildman–Crippen LogP) is 9.46. The minimum atomic E-state index is -3.54. The number of carbonyl (C=O) groups is 2. The molecular formula is C58H60N8O9S. The second-order valence-electron chi connectivity index (χ2n) is 18.4. The topological polar surface area (TPSA) is 200 Å². The summed E-state index contributed by atoms with van der Waals surface area (Å²) >= 11 is 0. The van der Waals surface area contributed by atoms with Crippen LogP contribution in [0.25, 0.3) is 56.5 Å². The number of fused-ring (bicyclic) bond motifs is 2. The Bertz CT molecular complexity index is 3590. The Labute approximate surface area is 441 Å². The SMILES string of the molecule is COc1ccc([C@@H](C)NC(=O)/C=C/c2c[nH]c3nccc(-c4ccc(CN5CCOC(n6cc(/C=C/C(=O)N[C@H](C)c7ccc(OC)c(OC)c7)c7c(-c8cccc(NS(C)(=O)=O)c8)ccnc76)C5)cc4)c23)cc1OC. The maximum atomic E-state index is 13.6. The molecule has 1 fully saturated rings. The van der Waals surface area contributed by atoms with Gasteiger partial charge in [-0.3, -0.25) is 19.2 Å². The monoisotopic (exact) mass is 1040 g/mol. The number of methoxy groups -OCH3 is 4. The zero-order valence-electron chi connectivity index (χ0n) is 43.3. The van der Waals surface area contributed by atoms with Crippen LogP contribution in [0, 0.1) is 0 Å². The zero-order chi connectivity index (χ0) is 53.5. The van der Waals surface area contributed by atoms with Crippen LogP contribution < -0.4 is 34.3 Å². The van der Waals surface area contributed by atoms with Gasteiger partial charge in [-0.2, -0.15) is 0 Å². The maximum Gasteiger partial charge on any atom is 0.244 e. The van der Waals surface area contributed by atoms with E-state index in [1.807, 2.05) is 79.3 Å². The number of benzene rings is 4.